The zero-order valence-corrected chi connectivity index (χ0v) is 13.9. The lowest BCUT2D eigenvalue weighted by Gasteiger charge is -2.34. The molecule has 0 spiro atoms. The number of esters is 1. The molecule has 0 saturated carbocycles. The highest BCUT2D eigenvalue weighted by Gasteiger charge is 2.41. The molecule has 0 unspecified atom stereocenters. The van der Waals surface area contributed by atoms with Gasteiger partial charge in [-0.25, -0.2) is 0 Å². The van der Waals surface area contributed by atoms with E-state index in [1.165, 1.54) is 7.11 Å². The Balaban J connectivity index is 1.91. The first-order valence-corrected chi connectivity index (χ1v) is 7.91. The van der Waals surface area contributed by atoms with Crippen molar-refractivity contribution in [2.45, 2.75) is 45.6 Å². The van der Waals surface area contributed by atoms with Crippen LogP contribution in [-0.4, -0.2) is 59.9 Å². The van der Waals surface area contributed by atoms with Crippen molar-refractivity contribution in [1.29, 1.82) is 0 Å². The van der Waals surface area contributed by atoms with Gasteiger partial charge < -0.3 is 14.5 Å². The lowest BCUT2D eigenvalue weighted by molar-refractivity contribution is -0.149. The second kappa shape index (κ2) is 6.26. The van der Waals surface area contributed by atoms with Crippen LogP contribution < -0.4 is 0 Å². The van der Waals surface area contributed by atoms with E-state index in [9.17, 15) is 14.4 Å². The van der Waals surface area contributed by atoms with Crippen molar-refractivity contribution in [3.05, 3.63) is 0 Å². The molecular formula is C16H26N2O4. The zero-order valence-electron chi connectivity index (χ0n) is 13.9. The number of carbonyl (C=O) groups excluding carboxylic acids is 3. The van der Waals surface area contributed by atoms with Crippen LogP contribution in [0.3, 0.4) is 0 Å². The van der Waals surface area contributed by atoms with E-state index in [2.05, 4.69) is 0 Å². The Labute approximate surface area is 131 Å². The van der Waals surface area contributed by atoms with Gasteiger partial charge in [-0.15, -0.1) is 0 Å². The molecule has 2 fully saturated rings. The Kier molecular flexibility index (Phi) is 4.78. The van der Waals surface area contributed by atoms with Crippen molar-refractivity contribution in [1.82, 2.24) is 9.80 Å². The SMILES string of the molecule is COC(=O)C1CCN(C(=O)[C@@H]2CC(=O)N(C(C)(C)C)C2)CC1. The minimum absolute atomic E-state index is 0.0448. The fraction of sp³-hybridized carbons (Fsp3) is 0.812. The fourth-order valence-electron chi connectivity index (χ4n) is 3.28. The molecule has 0 N–H and O–H groups in total. The summed E-state index contributed by atoms with van der Waals surface area (Å²) in [7, 11) is 1.39. The number of methoxy groups -OCH3 is 1. The van der Waals surface area contributed by atoms with Crippen molar-refractivity contribution < 1.29 is 19.1 Å². The standard InChI is InChI=1S/C16H26N2O4/c1-16(2,3)18-10-12(9-13(18)19)14(20)17-7-5-11(6-8-17)15(21)22-4/h11-12H,5-10H2,1-4H3/t12-/m1/s1. The van der Waals surface area contributed by atoms with Crippen molar-refractivity contribution in [2.24, 2.45) is 11.8 Å². The van der Waals surface area contributed by atoms with Gasteiger partial charge >= 0.3 is 5.97 Å². The third-order valence-corrected chi connectivity index (χ3v) is 4.63. The van der Waals surface area contributed by atoms with E-state index in [0.717, 1.165) is 0 Å². The van der Waals surface area contributed by atoms with Crippen molar-refractivity contribution in [2.75, 3.05) is 26.7 Å². The third kappa shape index (κ3) is 3.42. The van der Waals surface area contributed by atoms with Gasteiger partial charge in [-0.3, -0.25) is 14.4 Å². The number of ether oxygens (including phenoxy) is 1. The van der Waals surface area contributed by atoms with Crippen LogP contribution in [0.1, 0.15) is 40.0 Å². The topological polar surface area (TPSA) is 66.9 Å². The molecule has 2 aliphatic heterocycles. The Hall–Kier alpha value is -1.59. The molecule has 0 radical (unpaired) electrons. The van der Waals surface area contributed by atoms with Crippen LogP contribution in [-0.2, 0) is 19.1 Å². The third-order valence-electron chi connectivity index (χ3n) is 4.63. The molecule has 124 valence electrons. The van der Waals surface area contributed by atoms with E-state index in [1.54, 1.807) is 9.80 Å². The second-order valence-corrected chi connectivity index (χ2v) is 7.20. The molecule has 0 aliphatic carbocycles. The van der Waals surface area contributed by atoms with E-state index in [1.807, 2.05) is 20.8 Å². The van der Waals surface area contributed by atoms with E-state index < -0.39 is 0 Å². The molecule has 6 heteroatoms. The van der Waals surface area contributed by atoms with Gasteiger partial charge in [0.1, 0.15) is 0 Å². The highest BCUT2D eigenvalue weighted by atomic mass is 16.5. The maximum atomic E-state index is 12.6. The summed E-state index contributed by atoms with van der Waals surface area (Å²) in [6, 6.07) is 0. The number of hydrogen-bond acceptors (Lipinski definition) is 4. The molecule has 1 atom stereocenters. The first-order valence-electron chi connectivity index (χ1n) is 7.91. The molecule has 2 rings (SSSR count). The summed E-state index contributed by atoms with van der Waals surface area (Å²) in [5, 5.41) is 0. The van der Waals surface area contributed by atoms with Gasteiger partial charge in [0.05, 0.1) is 18.9 Å². The first kappa shape index (κ1) is 16.8. The maximum absolute atomic E-state index is 12.6. The normalized spacial score (nSPS) is 23.8. The molecule has 22 heavy (non-hydrogen) atoms. The molecule has 2 amide bonds. The molecular weight excluding hydrogens is 284 g/mol. The highest BCUT2D eigenvalue weighted by Crippen LogP contribution is 2.28. The van der Waals surface area contributed by atoms with Gasteiger partial charge in [0.2, 0.25) is 11.8 Å². The van der Waals surface area contributed by atoms with E-state index in [0.29, 0.717) is 38.9 Å². The van der Waals surface area contributed by atoms with Crippen molar-refractivity contribution >= 4 is 17.8 Å². The summed E-state index contributed by atoms with van der Waals surface area (Å²) in [5.41, 5.74) is -0.246. The summed E-state index contributed by atoms with van der Waals surface area (Å²) in [6.45, 7) is 7.59. The quantitative estimate of drug-likeness (QED) is 0.715. The smallest absolute Gasteiger partial charge is 0.308 e. The Morgan fingerprint density at radius 1 is 1.14 bits per heavy atom. The Morgan fingerprint density at radius 2 is 1.73 bits per heavy atom. The average Bonchev–Trinajstić information content (AvgIpc) is 2.88. The van der Waals surface area contributed by atoms with Gasteiger partial charge in [-0.1, -0.05) is 0 Å². The molecule has 6 nitrogen and oxygen atoms in total. The van der Waals surface area contributed by atoms with Crippen LogP contribution in [0.2, 0.25) is 0 Å². The Morgan fingerprint density at radius 3 is 2.18 bits per heavy atom. The lowest BCUT2D eigenvalue weighted by atomic mass is 9.95. The first-order chi connectivity index (χ1) is 10.2. The molecule has 0 bridgehead atoms. The van der Waals surface area contributed by atoms with E-state index >= 15 is 0 Å². The molecule has 0 aromatic carbocycles. The highest BCUT2D eigenvalue weighted by molar-refractivity contribution is 5.89. The van der Waals surface area contributed by atoms with Gasteiger partial charge in [0, 0.05) is 31.6 Å². The second-order valence-electron chi connectivity index (χ2n) is 7.20. The summed E-state index contributed by atoms with van der Waals surface area (Å²) >= 11 is 0. The summed E-state index contributed by atoms with van der Waals surface area (Å²) in [5.74, 6) is -0.451. The van der Waals surface area contributed by atoms with Crippen molar-refractivity contribution in [3.8, 4) is 0 Å². The van der Waals surface area contributed by atoms with Gasteiger partial charge in [-0.2, -0.15) is 0 Å². The Bertz CT molecular complexity index is 461. The molecule has 0 aromatic heterocycles. The summed E-state index contributed by atoms with van der Waals surface area (Å²) in [6.07, 6.45) is 1.58. The van der Waals surface area contributed by atoms with Crippen LogP contribution in [0, 0.1) is 11.8 Å². The number of likely N-dealkylation sites (tertiary alicyclic amines) is 2. The van der Waals surface area contributed by atoms with Crippen LogP contribution in [0.5, 0.6) is 0 Å². The van der Waals surface area contributed by atoms with Gasteiger partial charge in [0.15, 0.2) is 0 Å². The van der Waals surface area contributed by atoms with E-state index in [-0.39, 0.29) is 35.2 Å². The van der Waals surface area contributed by atoms with Crippen LogP contribution in [0.25, 0.3) is 0 Å². The summed E-state index contributed by atoms with van der Waals surface area (Å²) in [4.78, 5) is 39.8. The fourth-order valence-corrected chi connectivity index (χ4v) is 3.28. The number of nitrogens with zero attached hydrogens (tertiary/aromatic N) is 2. The number of rotatable bonds is 2. The maximum Gasteiger partial charge on any atom is 0.308 e. The number of amides is 2. The minimum Gasteiger partial charge on any atom is -0.469 e. The average molecular weight is 310 g/mol. The summed E-state index contributed by atoms with van der Waals surface area (Å²) < 4.78 is 4.76. The van der Waals surface area contributed by atoms with Crippen molar-refractivity contribution in [3.63, 3.8) is 0 Å². The lowest BCUT2D eigenvalue weighted by Crippen LogP contribution is -2.45. The van der Waals surface area contributed by atoms with Gasteiger partial charge in [-0.05, 0) is 33.6 Å². The number of hydrogen-bond donors (Lipinski definition) is 0. The molecule has 2 heterocycles. The molecule has 2 aliphatic rings. The molecule has 0 aromatic rings. The van der Waals surface area contributed by atoms with Crippen LogP contribution in [0.4, 0.5) is 0 Å². The predicted octanol–water partition coefficient (Wildman–Crippen LogP) is 1.04. The monoisotopic (exact) mass is 310 g/mol. The largest absolute Gasteiger partial charge is 0.469 e. The number of carbonyl (C=O) groups is 3. The zero-order chi connectivity index (χ0) is 16.5. The van der Waals surface area contributed by atoms with E-state index in [4.69, 9.17) is 4.74 Å². The number of piperidine rings is 1. The van der Waals surface area contributed by atoms with Crippen LogP contribution in [0.15, 0.2) is 0 Å². The van der Waals surface area contributed by atoms with Gasteiger partial charge in [0.25, 0.3) is 0 Å². The van der Waals surface area contributed by atoms with Crippen LogP contribution >= 0.6 is 0 Å². The minimum atomic E-state index is -0.249. The predicted molar refractivity (Wildman–Crippen MR) is 80.9 cm³/mol. The molecule has 2 saturated heterocycles.